The van der Waals surface area contributed by atoms with E-state index in [9.17, 15) is 4.79 Å². The van der Waals surface area contributed by atoms with Crippen LogP contribution in [-0.2, 0) is 22.3 Å². The van der Waals surface area contributed by atoms with Crippen LogP contribution in [0, 0.1) is 0 Å². The Morgan fingerprint density at radius 2 is 1.91 bits per heavy atom. The third-order valence-electron chi connectivity index (χ3n) is 6.10. The maximum Gasteiger partial charge on any atom is 0.193 e. The first-order chi connectivity index (χ1) is 15.9. The number of fused-ring (bicyclic) bond motifs is 2. The molecule has 6 heteroatoms. The molecule has 1 aliphatic carbocycles. The molecule has 0 aromatic heterocycles. The van der Waals surface area contributed by atoms with Crippen LogP contribution in [0.3, 0.4) is 0 Å². The smallest absolute Gasteiger partial charge is 0.193 e. The predicted molar refractivity (Wildman–Crippen MR) is 128 cm³/mol. The Bertz CT molecular complexity index is 1200. The topological polar surface area (TPSA) is 82.8 Å². The van der Waals surface area contributed by atoms with Gasteiger partial charge in [0.15, 0.2) is 11.6 Å². The Balaban J connectivity index is 1.37. The highest BCUT2D eigenvalue weighted by Crippen LogP contribution is 2.33. The van der Waals surface area contributed by atoms with Crippen molar-refractivity contribution < 1.29 is 19.0 Å². The molecule has 3 aromatic carbocycles. The van der Waals surface area contributed by atoms with Gasteiger partial charge in [0.1, 0.15) is 18.5 Å². The molecule has 0 spiro atoms. The number of aryl methyl sites for hydroxylation is 1. The first-order valence-corrected chi connectivity index (χ1v) is 11.3. The zero-order valence-corrected chi connectivity index (χ0v) is 18.9. The van der Waals surface area contributed by atoms with E-state index in [-0.39, 0.29) is 11.9 Å². The molecule has 33 heavy (non-hydrogen) atoms. The first-order valence-electron chi connectivity index (χ1n) is 11.3. The van der Waals surface area contributed by atoms with Crippen LogP contribution in [0.1, 0.15) is 40.9 Å². The molecular weight excluding hydrogens is 416 g/mol. The first kappa shape index (κ1) is 21.5. The van der Waals surface area contributed by atoms with Gasteiger partial charge in [0.25, 0.3) is 0 Å². The lowest BCUT2D eigenvalue weighted by Crippen LogP contribution is -2.25. The maximum absolute atomic E-state index is 13.4. The average Bonchev–Trinajstić information content (AvgIpc) is 3.08. The van der Waals surface area contributed by atoms with Crippen LogP contribution in [0.25, 0.3) is 0 Å². The van der Waals surface area contributed by atoms with E-state index in [1.807, 2.05) is 74.5 Å². The Kier molecular flexibility index (Phi) is 5.56. The number of benzene rings is 3. The molecule has 0 radical (unpaired) electrons. The standard InChI is InChI=1S/C27H28N2O4/c1-27(2)32-16-19(33-27)15-31-25-9-5-6-22-21(25)12-10-17-14-18(11-13-20(17)26(22)30)29-24-8-4-3-7-23(24)28/h3-9,11,13-14,19,29H,10,12,15-16,28H2,1-2H3. The number of nitrogens with one attached hydrogen (secondary N) is 1. The van der Waals surface area contributed by atoms with Crippen molar-refractivity contribution in [2.45, 2.75) is 38.6 Å². The molecule has 1 fully saturated rings. The number of carbonyl (C=O) groups is 1. The number of anilines is 3. The van der Waals surface area contributed by atoms with E-state index in [4.69, 9.17) is 19.9 Å². The highest BCUT2D eigenvalue weighted by molar-refractivity contribution is 6.11. The van der Waals surface area contributed by atoms with Gasteiger partial charge < -0.3 is 25.3 Å². The van der Waals surface area contributed by atoms with Crippen LogP contribution < -0.4 is 15.8 Å². The summed E-state index contributed by atoms with van der Waals surface area (Å²) in [6, 6.07) is 19.2. The molecule has 2 aliphatic rings. The van der Waals surface area contributed by atoms with E-state index in [1.54, 1.807) is 0 Å². The Morgan fingerprint density at radius 1 is 1.06 bits per heavy atom. The summed E-state index contributed by atoms with van der Waals surface area (Å²) in [6.45, 7) is 4.67. The number of carbonyl (C=O) groups excluding carboxylic acids is 1. The fourth-order valence-electron chi connectivity index (χ4n) is 4.47. The van der Waals surface area contributed by atoms with Crippen molar-refractivity contribution in [3.05, 3.63) is 82.9 Å². The molecule has 3 N–H and O–H groups in total. The van der Waals surface area contributed by atoms with E-state index in [0.29, 0.717) is 30.9 Å². The molecule has 1 atom stereocenters. The summed E-state index contributed by atoms with van der Waals surface area (Å²) >= 11 is 0. The van der Waals surface area contributed by atoms with Gasteiger partial charge in [-0.3, -0.25) is 4.79 Å². The van der Waals surface area contributed by atoms with Crippen molar-refractivity contribution >= 4 is 22.8 Å². The van der Waals surface area contributed by atoms with Gasteiger partial charge in [-0.05, 0) is 68.7 Å². The lowest BCUT2D eigenvalue weighted by Gasteiger charge is -2.18. The lowest BCUT2D eigenvalue weighted by molar-refractivity contribution is -0.141. The van der Waals surface area contributed by atoms with E-state index in [0.717, 1.165) is 40.2 Å². The second-order valence-corrected chi connectivity index (χ2v) is 8.96. The summed E-state index contributed by atoms with van der Waals surface area (Å²) in [5.41, 5.74) is 11.9. The Morgan fingerprint density at radius 3 is 2.70 bits per heavy atom. The van der Waals surface area contributed by atoms with Crippen molar-refractivity contribution in [1.29, 1.82) is 0 Å². The van der Waals surface area contributed by atoms with Crippen LogP contribution in [-0.4, -0.2) is 30.9 Å². The molecule has 1 unspecified atom stereocenters. The third kappa shape index (κ3) is 4.45. The van der Waals surface area contributed by atoms with Crippen molar-refractivity contribution in [2.75, 3.05) is 24.3 Å². The second-order valence-electron chi connectivity index (χ2n) is 8.96. The average molecular weight is 445 g/mol. The maximum atomic E-state index is 13.4. The van der Waals surface area contributed by atoms with Crippen LogP contribution in [0.5, 0.6) is 5.75 Å². The third-order valence-corrected chi connectivity index (χ3v) is 6.10. The number of para-hydroxylation sites is 2. The van der Waals surface area contributed by atoms with Crippen molar-refractivity contribution in [3.8, 4) is 5.75 Å². The molecule has 0 bridgehead atoms. The van der Waals surface area contributed by atoms with Crippen molar-refractivity contribution in [2.24, 2.45) is 0 Å². The molecule has 170 valence electrons. The van der Waals surface area contributed by atoms with Gasteiger partial charge in [-0.15, -0.1) is 0 Å². The van der Waals surface area contributed by atoms with E-state index < -0.39 is 5.79 Å². The minimum absolute atomic E-state index is 0.0234. The Labute approximate surface area is 193 Å². The number of nitrogens with two attached hydrogens (primary N) is 1. The van der Waals surface area contributed by atoms with Gasteiger partial charge in [-0.25, -0.2) is 0 Å². The second kappa shape index (κ2) is 8.54. The molecule has 5 rings (SSSR count). The number of ether oxygens (including phenoxy) is 3. The minimum atomic E-state index is -0.588. The summed E-state index contributed by atoms with van der Waals surface area (Å²) in [5, 5.41) is 3.36. The summed E-state index contributed by atoms with van der Waals surface area (Å²) in [6.07, 6.45) is 1.33. The largest absolute Gasteiger partial charge is 0.490 e. The van der Waals surface area contributed by atoms with Crippen molar-refractivity contribution in [3.63, 3.8) is 0 Å². The van der Waals surface area contributed by atoms with Crippen LogP contribution in [0.2, 0.25) is 0 Å². The fraction of sp³-hybridized carbons (Fsp3) is 0.296. The summed E-state index contributed by atoms with van der Waals surface area (Å²) in [5.74, 6) is 0.169. The number of hydrogen-bond acceptors (Lipinski definition) is 6. The summed E-state index contributed by atoms with van der Waals surface area (Å²) in [4.78, 5) is 13.4. The van der Waals surface area contributed by atoms with Crippen molar-refractivity contribution in [1.82, 2.24) is 0 Å². The number of rotatable bonds is 5. The zero-order valence-electron chi connectivity index (χ0n) is 18.9. The zero-order chi connectivity index (χ0) is 23.0. The molecular formula is C27H28N2O4. The summed E-state index contributed by atoms with van der Waals surface area (Å²) < 4.78 is 17.6. The number of ketones is 1. The van der Waals surface area contributed by atoms with Crippen LogP contribution in [0.15, 0.2) is 60.7 Å². The van der Waals surface area contributed by atoms with E-state index >= 15 is 0 Å². The minimum Gasteiger partial charge on any atom is -0.490 e. The molecule has 0 saturated carbocycles. The van der Waals surface area contributed by atoms with Gasteiger partial charge >= 0.3 is 0 Å². The normalized spacial score (nSPS) is 18.8. The summed E-state index contributed by atoms with van der Waals surface area (Å²) in [7, 11) is 0. The fourth-order valence-corrected chi connectivity index (χ4v) is 4.47. The van der Waals surface area contributed by atoms with Gasteiger partial charge in [0.2, 0.25) is 0 Å². The van der Waals surface area contributed by atoms with Gasteiger partial charge in [-0.2, -0.15) is 0 Å². The van der Waals surface area contributed by atoms with E-state index in [2.05, 4.69) is 5.32 Å². The number of hydrogen-bond donors (Lipinski definition) is 2. The van der Waals surface area contributed by atoms with Gasteiger partial charge in [0.05, 0.1) is 18.0 Å². The van der Waals surface area contributed by atoms with Gasteiger partial charge in [-0.1, -0.05) is 24.3 Å². The predicted octanol–water partition coefficient (Wildman–Crippen LogP) is 4.87. The molecule has 3 aromatic rings. The number of nitrogen functional groups attached to an aromatic ring is 1. The Hall–Kier alpha value is -3.35. The van der Waals surface area contributed by atoms with Crippen LogP contribution >= 0.6 is 0 Å². The lowest BCUT2D eigenvalue weighted by atomic mass is 9.98. The monoisotopic (exact) mass is 444 g/mol. The molecule has 0 amide bonds. The van der Waals surface area contributed by atoms with Gasteiger partial charge in [0, 0.05) is 22.4 Å². The van der Waals surface area contributed by atoms with Crippen LogP contribution in [0.4, 0.5) is 17.1 Å². The van der Waals surface area contributed by atoms with E-state index in [1.165, 1.54) is 0 Å². The SMILES string of the molecule is CC1(C)OCC(COc2cccc3c2CCc2cc(Nc4ccccc4N)ccc2C3=O)O1. The molecule has 6 nitrogen and oxygen atoms in total. The molecule has 1 saturated heterocycles. The quantitative estimate of drug-likeness (QED) is 0.546. The molecule has 1 aliphatic heterocycles. The highest BCUT2D eigenvalue weighted by Gasteiger charge is 2.33. The highest BCUT2D eigenvalue weighted by atomic mass is 16.7. The molecule has 1 heterocycles.